The lowest BCUT2D eigenvalue weighted by molar-refractivity contribution is 0.642. The van der Waals surface area contributed by atoms with Crippen LogP contribution in [0, 0.1) is 5.92 Å². The first kappa shape index (κ1) is 23.1. The van der Waals surface area contributed by atoms with Gasteiger partial charge in [0.1, 0.15) is 6.71 Å². The molecule has 1 heteroatoms. The highest BCUT2D eigenvalue weighted by atomic mass is 14.1. The first-order chi connectivity index (χ1) is 12.5. The lowest BCUT2D eigenvalue weighted by Gasteiger charge is -2.16. The number of rotatable bonds is 14. The van der Waals surface area contributed by atoms with E-state index in [0.29, 0.717) is 5.92 Å². The van der Waals surface area contributed by atoms with Crippen LogP contribution in [0.15, 0.2) is 36.4 Å². The number of benzene rings is 1. The zero-order chi connectivity index (χ0) is 19.4. The van der Waals surface area contributed by atoms with Gasteiger partial charge in [0, 0.05) is 5.92 Å². The number of hydrogen-bond acceptors (Lipinski definition) is 0. The normalized spacial score (nSPS) is 12.4. The standard InChI is InChI=1S/C25H43B/c1-7-18-26(8-2)19-12-10-9-11-13-22(5)23(6)25-16-14-24(15-17-25)20-21(3)4/h14-17,21,23H,5,7-13,18-20H2,1-4,6H3. The van der Waals surface area contributed by atoms with Gasteiger partial charge >= 0.3 is 0 Å². The average Bonchev–Trinajstić information content (AvgIpc) is 2.62. The third-order valence-electron chi connectivity index (χ3n) is 5.87. The fourth-order valence-electron chi connectivity index (χ4n) is 3.97. The number of unbranched alkanes of at least 4 members (excludes halogenated alkanes) is 3. The molecule has 0 saturated carbocycles. The molecule has 0 heterocycles. The summed E-state index contributed by atoms with van der Waals surface area (Å²) in [6.45, 7) is 16.9. The van der Waals surface area contributed by atoms with Gasteiger partial charge in [0.25, 0.3) is 0 Å². The highest BCUT2D eigenvalue weighted by Gasteiger charge is 2.11. The molecule has 0 aliphatic heterocycles. The molecule has 0 bridgehead atoms. The summed E-state index contributed by atoms with van der Waals surface area (Å²) in [6.07, 6.45) is 13.4. The molecule has 1 aromatic carbocycles. The molecule has 0 spiro atoms. The van der Waals surface area contributed by atoms with Crippen LogP contribution in [0.4, 0.5) is 0 Å². The minimum absolute atomic E-state index is 0.483. The molecule has 0 fully saturated rings. The van der Waals surface area contributed by atoms with Crippen LogP contribution >= 0.6 is 0 Å². The molecule has 0 aliphatic rings. The molecule has 26 heavy (non-hydrogen) atoms. The van der Waals surface area contributed by atoms with Crippen LogP contribution in [0.5, 0.6) is 0 Å². The molecule has 0 amide bonds. The van der Waals surface area contributed by atoms with Crippen molar-refractivity contribution in [1.29, 1.82) is 0 Å². The minimum Gasteiger partial charge on any atom is -0.0993 e. The Labute approximate surface area is 164 Å². The van der Waals surface area contributed by atoms with Crippen LogP contribution in [0.3, 0.4) is 0 Å². The van der Waals surface area contributed by atoms with Crippen molar-refractivity contribution in [3.63, 3.8) is 0 Å². The van der Waals surface area contributed by atoms with Crippen molar-refractivity contribution in [3.8, 4) is 0 Å². The summed E-state index contributed by atoms with van der Waals surface area (Å²) in [6, 6.07) is 9.23. The van der Waals surface area contributed by atoms with E-state index in [-0.39, 0.29) is 0 Å². The van der Waals surface area contributed by atoms with Gasteiger partial charge in [0.2, 0.25) is 0 Å². The van der Waals surface area contributed by atoms with E-state index in [0.717, 1.165) is 12.6 Å². The SMILES string of the molecule is C=C(CCCCCCB(CC)CCC)C(C)c1ccc(CC(C)C)cc1. The maximum absolute atomic E-state index is 4.39. The molecule has 0 aliphatic carbocycles. The van der Waals surface area contributed by atoms with E-state index in [1.807, 2.05) is 0 Å². The highest BCUT2D eigenvalue weighted by molar-refractivity contribution is 6.58. The van der Waals surface area contributed by atoms with Crippen molar-refractivity contribution in [1.82, 2.24) is 0 Å². The molecule has 0 nitrogen and oxygen atoms in total. The first-order valence-electron chi connectivity index (χ1n) is 11.2. The van der Waals surface area contributed by atoms with Crippen molar-refractivity contribution in [3.05, 3.63) is 47.5 Å². The zero-order valence-electron chi connectivity index (χ0n) is 18.3. The monoisotopic (exact) mass is 354 g/mol. The number of allylic oxidation sites excluding steroid dienone is 1. The first-order valence-corrected chi connectivity index (χ1v) is 11.2. The summed E-state index contributed by atoms with van der Waals surface area (Å²) < 4.78 is 0. The van der Waals surface area contributed by atoms with Crippen LogP contribution in [-0.2, 0) is 6.42 Å². The minimum atomic E-state index is 0.483. The molecule has 1 rings (SSSR count). The maximum atomic E-state index is 4.39. The molecule has 146 valence electrons. The van der Waals surface area contributed by atoms with Gasteiger partial charge < -0.3 is 0 Å². The van der Waals surface area contributed by atoms with E-state index < -0.39 is 0 Å². The van der Waals surface area contributed by atoms with Crippen LogP contribution in [0.2, 0.25) is 19.0 Å². The van der Waals surface area contributed by atoms with Crippen LogP contribution in [0.25, 0.3) is 0 Å². The maximum Gasteiger partial charge on any atom is 0.139 e. The average molecular weight is 354 g/mol. The van der Waals surface area contributed by atoms with Crippen LogP contribution < -0.4 is 0 Å². The Balaban J connectivity index is 2.26. The van der Waals surface area contributed by atoms with E-state index in [4.69, 9.17) is 0 Å². The quantitative estimate of drug-likeness (QED) is 0.179. The predicted octanol–water partition coefficient (Wildman–Crippen LogP) is 8.42. The Morgan fingerprint density at radius 1 is 0.923 bits per heavy atom. The van der Waals surface area contributed by atoms with Crippen LogP contribution in [0.1, 0.15) is 90.2 Å². The van der Waals surface area contributed by atoms with Crippen molar-refractivity contribution >= 4 is 6.71 Å². The molecule has 0 aromatic heterocycles. The Kier molecular flexibility index (Phi) is 11.7. The third kappa shape index (κ3) is 9.10. The van der Waals surface area contributed by atoms with Gasteiger partial charge in [0.05, 0.1) is 0 Å². The third-order valence-corrected chi connectivity index (χ3v) is 5.87. The van der Waals surface area contributed by atoms with Crippen molar-refractivity contribution in [2.75, 3.05) is 0 Å². The second-order valence-electron chi connectivity index (χ2n) is 8.74. The van der Waals surface area contributed by atoms with Gasteiger partial charge in [-0.2, -0.15) is 0 Å². The van der Waals surface area contributed by atoms with Crippen molar-refractivity contribution in [2.24, 2.45) is 5.92 Å². The summed E-state index contributed by atoms with van der Waals surface area (Å²) >= 11 is 0. The Bertz CT molecular complexity index is 485. The van der Waals surface area contributed by atoms with Gasteiger partial charge in [-0.1, -0.05) is 116 Å². The summed E-state index contributed by atoms with van der Waals surface area (Å²) in [5.74, 6) is 1.21. The fourth-order valence-corrected chi connectivity index (χ4v) is 3.97. The largest absolute Gasteiger partial charge is 0.139 e. The highest BCUT2D eigenvalue weighted by Crippen LogP contribution is 2.27. The van der Waals surface area contributed by atoms with E-state index in [1.54, 1.807) is 0 Å². The van der Waals surface area contributed by atoms with E-state index >= 15 is 0 Å². The van der Waals surface area contributed by atoms with Gasteiger partial charge in [0.15, 0.2) is 0 Å². The number of hydrogen-bond donors (Lipinski definition) is 0. The fraction of sp³-hybridized carbons (Fsp3) is 0.680. The van der Waals surface area contributed by atoms with Gasteiger partial charge in [-0.15, -0.1) is 0 Å². The molecule has 0 saturated heterocycles. The predicted molar refractivity (Wildman–Crippen MR) is 122 cm³/mol. The van der Waals surface area contributed by atoms with Crippen molar-refractivity contribution in [2.45, 2.75) is 104 Å². The van der Waals surface area contributed by atoms with E-state index in [1.165, 1.54) is 80.6 Å². The summed E-state index contributed by atoms with van der Waals surface area (Å²) in [7, 11) is 0. The lowest BCUT2D eigenvalue weighted by Crippen LogP contribution is -2.09. The summed E-state index contributed by atoms with van der Waals surface area (Å²) in [4.78, 5) is 0. The summed E-state index contributed by atoms with van der Waals surface area (Å²) in [5, 5.41) is 0. The van der Waals surface area contributed by atoms with Crippen molar-refractivity contribution < 1.29 is 0 Å². The molecule has 1 atom stereocenters. The van der Waals surface area contributed by atoms with E-state index in [9.17, 15) is 0 Å². The van der Waals surface area contributed by atoms with E-state index in [2.05, 4.69) is 65.5 Å². The van der Waals surface area contributed by atoms with Gasteiger partial charge in [-0.05, 0) is 36.3 Å². The van der Waals surface area contributed by atoms with Gasteiger partial charge in [-0.3, -0.25) is 0 Å². The topological polar surface area (TPSA) is 0 Å². The molecular weight excluding hydrogens is 311 g/mol. The summed E-state index contributed by atoms with van der Waals surface area (Å²) in [5.41, 5.74) is 4.28. The smallest absolute Gasteiger partial charge is 0.0993 e. The molecule has 1 aromatic rings. The van der Waals surface area contributed by atoms with Gasteiger partial charge in [-0.25, -0.2) is 0 Å². The zero-order valence-corrected chi connectivity index (χ0v) is 18.3. The van der Waals surface area contributed by atoms with Crippen LogP contribution in [-0.4, -0.2) is 6.71 Å². The second kappa shape index (κ2) is 13.2. The Morgan fingerprint density at radius 3 is 2.15 bits per heavy atom. The Morgan fingerprint density at radius 2 is 1.58 bits per heavy atom. The molecule has 1 unspecified atom stereocenters. The lowest BCUT2D eigenvalue weighted by atomic mass is 9.42. The Hall–Kier alpha value is -0.975. The molecular formula is C25H43B. The molecule has 0 N–H and O–H groups in total. The molecule has 0 radical (unpaired) electrons. The second-order valence-corrected chi connectivity index (χ2v) is 8.74.